The van der Waals surface area contributed by atoms with Crippen LogP contribution in [-0.4, -0.2) is 4.98 Å². The van der Waals surface area contributed by atoms with Crippen molar-refractivity contribution >= 4 is 11.3 Å². The Labute approximate surface area is 125 Å². The molecule has 20 heavy (non-hydrogen) atoms. The first-order valence-corrected chi connectivity index (χ1v) is 8.38. The van der Waals surface area contributed by atoms with Crippen LogP contribution >= 0.6 is 11.3 Å². The SMILES string of the molecule is CCC1CCC(c2nc(CN)c(-c3ccccc3)s2)C1. The van der Waals surface area contributed by atoms with Crippen molar-refractivity contribution in [2.24, 2.45) is 11.7 Å². The molecule has 1 aromatic carbocycles. The first-order valence-electron chi connectivity index (χ1n) is 7.56. The first-order chi connectivity index (χ1) is 9.81. The summed E-state index contributed by atoms with van der Waals surface area (Å²) in [6.45, 7) is 2.83. The molecule has 1 fully saturated rings. The second-order valence-electron chi connectivity index (χ2n) is 5.68. The van der Waals surface area contributed by atoms with Crippen LogP contribution in [0.15, 0.2) is 30.3 Å². The fourth-order valence-electron chi connectivity index (χ4n) is 3.17. The molecule has 2 nitrogen and oxygen atoms in total. The zero-order valence-electron chi connectivity index (χ0n) is 12.0. The predicted molar refractivity (Wildman–Crippen MR) is 85.8 cm³/mol. The third-order valence-electron chi connectivity index (χ3n) is 4.41. The molecule has 0 spiro atoms. The fraction of sp³-hybridized carbons (Fsp3) is 0.471. The zero-order valence-corrected chi connectivity index (χ0v) is 12.8. The van der Waals surface area contributed by atoms with E-state index in [1.165, 1.54) is 41.1 Å². The molecular weight excluding hydrogens is 264 g/mol. The van der Waals surface area contributed by atoms with Gasteiger partial charge in [0.2, 0.25) is 0 Å². The maximum Gasteiger partial charge on any atom is 0.0966 e. The smallest absolute Gasteiger partial charge is 0.0966 e. The lowest BCUT2D eigenvalue weighted by atomic mass is 10.0. The molecule has 1 aliphatic carbocycles. The van der Waals surface area contributed by atoms with E-state index in [1.807, 2.05) is 11.3 Å². The van der Waals surface area contributed by atoms with E-state index in [-0.39, 0.29) is 0 Å². The molecule has 0 bridgehead atoms. The van der Waals surface area contributed by atoms with Crippen molar-refractivity contribution in [1.82, 2.24) is 4.98 Å². The van der Waals surface area contributed by atoms with Gasteiger partial charge in [-0.05, 0) is 30.7 Å². The molecule has 106 valence electrons. The summed E-state index contributed by atoms with van der Waals surface area (Å²) >= 11 is 1.86. The summed E-state index contributed by atoms with van der Waals surface area (Å²) in [5, 5.41) is 1.31. The van der Waals surface area contributed by atoms with Gasteiger partial charge in [-0.25, -0.2) is 4.98 Å². The number of aromatic nitrogens is 1. The average Bonchev–Trinajstić information content (AvgIpc) is 3.14. The van der Waals surface area contributed by atoms with Crippen molar-refractivity contribution in [2.45, 2.75) is 45.1 Å². The average molecular weight is 286 g/mol. The minimum atomic E-state index is 0.532. The van der Waals surface area contributed by atoms with Crippen LogP contribution in [0.25, 0.3) is 10.4 Å². The molecule has 3 rings (SSSR count). The predicted octanol–water partition coefficient (Wildman–Crippen LogP) is 4.56. The van der Waals surface area contributed by atoms with E-state index in [1.54, 1.807) is 0 Å². The van der Waals surface area contributed by atoms with E-state index < -0.39 is 0 Å². The molecule has 2 N–H and O–H groups in total. The largest absolute Gasteiger partial charge is 0.325 e. The topological polar surface area (TPSA) is 38.9 Å². The zero-order chi connectivity index (χ0) is 13.9. The van der Waals surface area contributed by atoms with Crippen molar-refractivity contribution in [1.29, 1.82) is 0 Å². The van der Waals surface area contributed by atoms with E-state index in [4.69, 9.17) is 10.7 Å². The van der Waals surface area contributed by atoms with Crippen LogP contribution in [-0.2, 0) is 6.54 Å². The minimum Gasteiger partial charge on any atom is -0.325 e. The Balaban J connectivity index is 1.90. The van der Waals surface area contributed by atoms with Crippen LogP contribution in [0, 0.1) is 5.92 Å². The van der Waals surface area contributed by atoms with Crippen LogP contribution in [0.2, 0.25) is 0 Å². The van der Waals surface area contributed by atoms with E-state index in [9.17, 15) is 0 Å². The van der Waals surface area contributed by atoms with Gasteiger partial charge < -0.3 is 5.73 Å². The summed E-state index contributed by atoms with van der Waals surface area (Å²) in [7, 11) is 0. The Kier molecular flexibility index (Phi) is 4.18. The number of thiazole rings is 1. The van der Waals surface area contributed by atoms with Gasteiger partial charge in [0.15, 0.2) is 0 Å². The second kappa shape index (κ2) is 6.06. The number of hydrogen-bond acceptors (Lipinski definition) is 3. The number of nitrogens with zero attached hydrogens (tertiary/aromatic N) is 1. The Morgan fingerprint density at radius 3 is 2.70 bits per heavy atom. The van der Waals surface area contributed by atoms with Crippen LogP contribution in [0.5, 0.6) is 0 Å². The van der Waals surface area contributed by atoms with Gasteiger partial charge in [-0.3, -0.25) is 0 Å². The molecule has 3 heteroatoms. The maximum atomic E-state index is 5.90. The lowest BCUT2D eigenvalue weighted by Gasteiger charge is -2.06. The molecule has 0 saturated heterocycles. The molecule has 2 atom stereocenters. The van der Waals surface area contributed by atoms with Crippen LogP contribution in [0.3, 0.4) is 0 Å². The van der Waals surface area contributed by atoms with Gasteiger partial charge in [0.1, 0.15) is 0 Å². The third kappa shape index (κ3) is 2.65. The highest BCUT2D eigenvalue weighted by Gasteiger charge is 2.28. The number of hydrogen-bond donors (Lipinski definition) is 1. The summed E-state index contributed by atoms with van der Waals surface area (Å²) in [5.74, 6) is 1.55. The lowest BCUT2D eigenvalue weighted by Crippen LogP contribution is -2.00. The van der Waals surface area contributed by atoms with Crippen LogP contribution < -0.4 is 5.73 Å². The summed E-state index contributed by atoms with van der Waals surface area (Å²) in [5.41, 5.74) is 8.22. The standard InChI is InChI=1S/C17H22N2S/c1-2-12-8-9-14(10-12)17-19-15(11-18)16(20-17)13-6-4-3-5-7-13/h3-7,12,14H,2,8-11,18H2,1H3. The molecule has 1 saturated carbocycles. The Bertz CT molecular complexity index is 562. The first kappa shape index (κ1) is 13.8. The third-order valence-corrected chi connectivity index (χ3v) is 5.72. The summed E-state index contributed by atoms with van der Waals surface area (Å²) < 4.78 is 0. The molecular formula is C17H22N2S. The van der Waals surface area contributed by atoms with Crippen molar-refractivity contribution < 1.29 is 0 Å². The van der Waals surface area contributed by atoms with Gasteiger partial charge >= 0.3 is 0 Å². The highest BCUT2D eigenvalue weighted by Crippen LogP contribution is 2.43. The second-order valence-corrected chi connectivity index (χ2v) is 6.71. The van der Waals surface area contributed by atoms with Gasteiger partial charge in [-0.2, -0.15) is 0 Å². The van der Waals surface area contributed by atoms with Gasteiger partial charge in [0.05, 0.1) is 15.6 Å². The van der Waals surface area contributed by atoms with Crippen LogP contribution in [0.1, 0.15) is 49.2 Å². The molecule has 2 unspecified atom stereocenters. The van der Waals surface area contributed by atoms with Gasteiger partial charge in [0.25, 0.3) is 0 Å². The van der Waals surface area contributed by atoms with E-state index >= 15 is 0 Å². The Morgan fingerprint density at radius 1 is 1.25 bits per heavy atom. The van der Waals surface area contributed by atoms with Crippen molar-refractivity contribution in [3.63, 3.8) is 0 Å². The molecule has 0 radical (unpaired) electrons. The lowest BCUT2D eigenvalue weighted by molar-refractivity contribution is 0.521. The van der Waals surface area contributed by atoms with E-state index in [0.29, 0.717) is 12.5 Å². The normalized spacial score (nSPS) is 22.3. The molecule has 1 aromatic heterocycles. The minimum absolute atomic E-state index is 0.532. The molecule has 0 aliphatic heterocycles. The summed E-state index contributed by atoms with van der Waals surface area (Å²) in [6.07, 6.45) is 5.27. The van der Waals surface area contributed by atoms with Gasteiger partial charge in [-0.15, -0.1) is 11.3 Å². The molecule has 2 aromatic rings. The van der Waals surface area contributed by atoms with Crippen LogP contribution in [0.4, 0.5) is 0 Å². The van der Waals surface area contributed by atoms with Crippen molar-refractivity contribution in [3.8, 4) is 10.4 Å². The van der Waals surface area contributed by atoms with Crippen molar-refractivity contribution in [2.75, 3.05) is 0 Å². The number of benzene rings is 1. The van der Waals surface area contributed by atoms with E-state index in [0.717, 1.165) is 11.6 Å². The van der Waals surface area contributed by atoms with Gasteiger partial charge in [-0.1, -0.05) is 43.7 Å². The monoisotopic (exact) mass is 286 g/mol. The molecule has 1 aliphatic rings. The highest BCUT2D eigenvalue weighted by atomic mass is 32.1. The van der Waals surface area contributed by atoms with E-state index in [2.05, 4.69) is 37.3 Å². The summed E-state index contributed by atoms with van der Waals surface area (Å²) in [6, 6.07) is 10.5. The summed E-state index contributed by atoms with van der Waals surface area (Å²) in [4.78, 5) is 6.12. The van der Waals surface area contributed by atoms with Gasteiger partial charge in [0, 0.05) is 12.5 Å². The fourth-order valence-corrected chi connectivity index (χ4v) is 4.41. The number of nitrogens with two attached hydrogens (primary N) is 1. The maximum absolute atomic E-state index is 5.90. The Hall–Kier alpha value is -1.19. The molecule has 1 heterocycles. The van der Waals surface area contributed by atoms with Crippen molar-refractivity contribution in [3.05, 3.63) is 41.0 Å². The number of rotatable bonds is 4. The Morgan fingerprint density at radius 2 is 2.05 bits per heavy atom. The molecule has 0 amide bonds. The highest BCUT2D eigenvalue weighted by molar-refractivity contribution is 7.15. The quantitative estimate of drug-likeness (QED) is 0.894.